The van der Waals surface area contributed by atoms with Crippen molar-refractivity contribution in [1.29, 1.82) is 0 Å². The molecule has 1 saturated carbocycles. The van der Waals surface area contributed by atoms with Gasteiger partial charge in [-0.3, -0.25) is 19.7 Å². The summed E-state index contributed by atoms with van der Waals surface area (Å²) in [7, 11) is 0. The Kier molecular flexibility index (Phi) is 3.90. The highest BCUT2D eigenvalue weighted by Crippen LogP contribution is 2.65. The summed E-state index contributed by atoms with van der Waals surface area (Å²) in [5.41, 5.74) is 1.09. The van der Waals surface area contributed by atoms with Crippen LogP contribution >= 0.6 is 0 Å². The van der Waals surface area contributed by atoms with Crippen LogP contribution < -0.4 is 5.43 Å². The molecule has 8 nitrogen and oxygen atoms in total. The predicted molar refractivity (Wildman–Crippen MR) is 93.4 cm³/mol. The summed E-state index contributed by atoms with van der Waals surface area (Å²) >= 11 is 0. The summed E-state index contributed by atoms with van der Waals surface area (Å²) in [5.74, 6) is -0.793. The van der Waals surface area contributed by atoms with Crippen LogP contribution in [0.5, 0.6) is 0 Å². The van der Waals surface area contributed by atoms with Crippen LogP contribution in [0, 0.1) is 20.9 Å². The Morgan fingerprint density at radius 2 is 1.85 bits per heavy atom. The van der Waals surface area contributed by atoms with Crippen LogP contribution in [0.4, 0.5) is 5.69 Å². The normalized spacial score (nSPS) is 29.4. The van der Waals surface area contributed by atoms with Crippen molar-refractivity contribution >= 4 is 23.3 Å². The van der Waals surface area contributed by atoms with E-state index in [1.54, 1.807) is 19.1 Å². The molecule has 1 heterocycles. The van der Waals surface area contributed by atoms with Gasteiger partial charge in [0.15, 0.2) is 5.60 Å². The number of nitrogens with one attached hydrogen (secondary N) is 1. The first-order valence-electron chi connectivity index (χ1n) is 8.38. The zero-order chi connectivity index (χ0) is 19.3. The van der Waals surface area contributed by atoms with Gasteiger partial charge < -0.3 is 4.74 Å². The molecule has 1 amide bonds. The summed E-state index contributed by atoms with van der Waals surface area (Å²) in [4.78, 5) is 35.3. The molecule has 138 valence electrons. The topological polar surface area (TPSA) is 111 Å². The quantitative estimate of drug-likeness (QED) is 0.384. The minimum absolute atomic E-state index is 0.0191. The largest absolute Gasteiger partial charge is 0.448 e. The molecule has 2 unspecified atom stereocenters. The highest BCUT2D eigenvalue weighted by molar-refractivity contribution is 6.01. The molecule has 3 rings (SSSR count). The lowest BCUT2D eigenvalue weighted by Crippen LogP contribution is -2.52. The van der Waals surface area contributed by atoms with E-state index in [0.29, 0.717) is 24.1 Å². The maximum Gasteiger partial charge on any atom is 0.313 e. The van der Waals surface area contributed by atoms with Crippen LogP contribution in [0.2, 0.25) is 0 Å². The fraction of sp³-hybridized carbons (Fsp3) is 0.500. The Bertz CT molecular complexity index is 830. The van der Waals surface area contributed by atoms with Gasteiger partial charge in [-0.05, 0) is 44.4 Å². The summed E-state index contributed by atoms with van der Waals surface area (Å²) in [5, 5.41) is 14.8. The van der Waals surface area contributed by atoms with Crippen molar-refractivity contribution in [1.82, 2.24) is 5.43 Å². The molecule has 26 heavy (non-hydrogen) atoms. The number of amides is 1. The second kappa shape index (κ2) is 5.62. The van der Waals surface area contributed by atoms with E-state index in [-0.39, 0.29) is 11.7 Å². The number of hydrogen-bond donors (Lipinski definition) is 1. The number of carbonyl (C=O) groups excluding carboxylic acids is 2. The Labute approximate surface area is 150 Å². The fourth-order valence-corrected chi connectivity index (χ4v) is 3.86. The van der Waals surface area contributed by atoms with Crippen LogP contribution in [0.1, 0.15) is 46.1 Å². The number of hydrazone groups is 1. The highest BCUT2D eigenvalue weighted by Gasteiger charge is 2.75. The lowest BCUT2D eigenvalue weighted by molar-refractivity contribution is -0.384. The first-order chi connectivity index (χ1) is 12.0. The average Bonchev–Trinajstić information content (AvgIpc) is 2.89. The van der Waals surface area contributed by atoms with Crippen molar-refractivity contribution in [2.45, 2.75) is 46.1 Å². The van der Waals surface area contributed by atoms with Gasteiger partial charge in [-0.2, -0.15) is 5.10 Å². The molecule has 0 spiro atoms. The first kappa shape index (κ1) is 18.0. The van der Waals surface area contributed by atoms with Crippen molar-refractivity contribution in [3.8, 4) is 0 Å². The van der Waals surface area contributed by atoms with E-state index < -0.39 is 27.3 Å². The fourth-order valence-electron chi connectivity index (χ4n) is 3.86. The Hall–Kier alpha value is -2.77. The summed E-state index contributed by atoms with van der Waals surface area (Å²) in [6.45, 7) is 7.27. The third kappa shape index (κ3) is 2.24. The van der Waals surface area contributed by atoms with E-state index in [1.807, 2.05) is 20.8 Å². The highest BCUT2D eigenvalue weighted by atomic mass is 16.6. The zero-order valence-electron chi connectivity index (χ0n) is 15.2. The number of carbonyl (C=O) groups is 2. The van der Waals surface area contributed by atoms with E-state index in [9.17, 15) is 19.7 Å². The van der Waals surface area contributed by atoms with E-state index in [4.69, 9.17) is 4.74 Å². The van der Waals surface area contributed by atoms with Gasteiger partial charge in [-0.15, -0.1) is 0 Å². The van der Waals surface area contributed by atoms with Crippen LogP contribution in [0.3, 0.4) is 0 Å². The molecule has 2 fully saturated rings. The molecule has 0 aromatic heterocycles. The molecule has 1 saturated heterocycles. The number of benzene rings is 1. The van der Waals surface area contributed by atoms with Gasteiger partial charge in [-0.1, -0.05) is 13.8 Å². The number of nitro groups is 1. The smallest absolute Gasteiger partial charge is 0.313 e. The number of nitrogens with zero attached hydrogens (tertiary/aromatic N) is 2. The number of nitro benzene ring substituents is 1. The number of hydrogen-bond acceptors (Lipinski definition) is 6. The van der Waals surface area contributed by atoms with Gasteiger partial charge in [0.2, 0.25) is 0 Å². The zero-order valence-corrected chi connectivity index (χ0v) is 15.2. The van der Waals surface area contributed by atoms with Crippen LogP contribution in [0.15, 0.2) is 29.4 Å². The summed E-state index contributed by atoms with van der Waals surface area (Å²) in [6.07, 6.45) is 1.05. The second-order valence-electron chi connectivity index (χ2n) is 7.62. The lowest BCUT2D eigenvalue weighted by Gasteiger charge is -2.34. The van der Waals surface area contributed by atoms with Gasteiger partial charge in [0, 0.05) is 17.5 Å². The SMILES string of the molecule is CC(=NNC(=O)C12CCC(C)(C(=O)O1)C2(C)C)c1ccc([N+](=O)[O-])cc1. The third-order valence-electron chi connectivity index (χ3n) is 6.27. The summed E-state index contributed by atoms with van der Waals surface area (Å²) < 4.78 is 5.51. The van der Waals surface area contributed by atoms with E-state index in [0.717, 1.165) is 0 Å². The number of esters is 1. The van der Waals surface area contributed by atoms with Crippen LogP contribution in [-0.2, 0) is 14.3 Å². The monoisotopic (exact) mass is 359 g/mol. The predicted octanol–water partition coefficient (Wildman–Crippen LogP) is 2.56. The number of non-ortho nitro benzene ring substituents is 1. The molecule has 1 aromatic rings. The minimum atomic E-state index is -1.22. The molecule has 2 atom stereocenters. The van der Waals surface area contributed by atoms with Gasteiger partial charge in [0.05, 0.1) is 16.0 Å². The number of fused-ring (bicyclic) bond motifs is 2. The molecule has 1 aromatic carbocycles. The van der Waals surface area contributed by atoms with Crippen molar-refractivity contribution in [2.24, 2.45) is 15.9 Å². The Balaban J connectivity index is 1.79. The molecular weight excluding hydrogens is 338 g/mol. The van der Waals surface area contributed by atoms with Crippen molar-refractivity contribution in [3.63, 3.8) is 0 Å². The van der Waals surface area contributed by atoms with Crippen molar-refractivity contribution in [2.75, 3.05) is 0 Å². The van der Waals surface area contributed by atoms with Crippen molar-refractivity contribution < 1.29 is 19.2 Å². The maximum atomic E-state index is 12.8. The number of ether oxygens (including phenoxy) is 1. The first-order valence-corrected chi connectivity index (χ1v) is 8.38. The van der Waals surface area contributed by atoms with E-state index >= 15 is 0 Å². The molecule has 1 aliphatic carbocycles. The van der Waals surface area contributed by atoms with Gasteiger partial charge in [0.25, 0.3) is 11.6 Å². The van der Waals surface area contributed by atoms with Gasteiger partial charge >= 0.3 is 5.97 Å². The van der Waals surface area contributed by atoms with E-state index in [1.165, 1.54) is 12.1 Å². The second-order valence-corrected chi connectivity index (χ2v) is 7.62. The standard InChI is InChI=1S/C18H21N3O5/c1-11(12-5-7-13(8-6-12)21(24)25)19-20-14(22)18-10-9-17(4,15(23)26-18)16(18,2)3/h5-8H,9-10H2,1-4H3,(H,20,22). The molecule has 1 aliphatic heterocycles. The van der Waals surface area contributed by atoms with Crippen LogP contribution in [0.25, 0.3) is 0 Å². The Morgan fingerprint density at radius 1 is 1.23 bits per heavy atom. The molecule has 8 heteroatoms. The van der Waals surface area contributed by atoms with E-state index in [2.05, 4.69) is 10.5 Å². The Morgan fingerprint density at radius 3 is 2.31 bits per heavy atom. The van der Waals surface area contributed by atoms with Crippen molar-refractivity contribution in [3.05, 3.63) is 39.9 Å². The molecule has 0 radical (unpaired) electrons. The number of rotatable bonds is 4. The van der Waals surface area contributed by atoms with Gasteiger partial charge in [-0.25, -0.2) is 5.43 Å². The lowest BCUT2D eigenvalue weighted by atomic mass is 9.66. The average molecular weight is 359 g/mol. The van der Waals surface area contributed by atoms with Crippen LogP contribution in [-0.4, -0.2) is 28.1 Å². The molecular formula is C18H21N3O5. The van der Waals surface area contributed by atoms with Gasteiger partial charge in [0.1, 0.15) is 0 Å². The third-order valence-corrected chi connectivity index (χ3v) is 6.27. The molecule has 2 aliphatic rings. The summed E-state index contributed by atoms with van der Waals surface area (Å²) in [6, 6.07) is 5.87. The molecule has 1 N–H and O–H groups in total. The minimum Gasteiger partial charge on any atom is -0.448 e. The molecule has 2 bridgehead atoms. The maximum absolute atomic E-state index is 12.8.